The molecule has 31 heavy (non-hydrogen) atoms. The van der Waals surface area contributed by atoms with Gasteiger partial charge in [-0.15, -0.1) is 0 Å². The molecule has 8 nitrogen and oxygen atoms in total. The number of urea groups is 1. The summed E-state index contributed by atoms with van der Waals surface area (Å²) in [6, 6.07) is 16.7. The van der Waals surface area contributed by atoms with E-state index in [2.05, 4.69) is 15.4 Å². The summed E-state index contributed by atoms with van der Waals surface area (Å²) in [6.45, 7) is 0. The van der Waals surface area contributed by atoms with Crippen LogP contribution >= 0.6 is 11.6 Å². The number of carbonyl (C=O) groups excluding carboxylic acids is 1. The maximum Gasteiger partial charge on any atom is 0.323 e. The topological polar surface area (TPSA) is 106 Å². The van der Waals surface area contributed by atoms with E-state index in [9.17, 15) is 13.2 Å². The Labute approximate surface area is 185 Å². The van der Waals surface area contributed by atoms with Gasteiger partial charge in [0.15, 0.2) is 0 Å². The fourth-order valence-electron chi connectivity index (χ4n) is 2.66. The van der Waals surface area contributed by atoms with Crippen LogP contribution < -0.4 is 24.8 Å². The van der Waals surface area contributed by atoms with E-state index in [1.165, 1.54) is 38.5 Å². The van der Waals surface area contributed by atoms with Gasteiger partial charge in [-0.25, -0.2) is 13.2 Å². The Hall–Kier alpha value is -3.43. The van der Waals surface area contributed by atoms with Crippen LogP contribution in [0.5, 0.6) is 11.5 Å². The first kappa shape index (κ1) is 22.3. The second kappa shape index (κ2) is 9.59. The Balaban J connectivity index is 1.69. The van der Waals surface area contributed by atoms with E-state index in [1.807, 2.05) is 0 Å². The van der Waals surface area contributed by atoms with Crippen molar-refractivity contribution in [1.82, 2.24) is 0 Å². The Morgan fingerprint density at radius 2 is 1.58 bits per heavy atom. The average Bonchev–Trinajstić information content (AvgIpc) is 2.74. The number of anilines is 3. The number of methoxy groups -OCH3 is 2. The number of ether oxygens (including phenoxy) is 2. The molecule has 0 aliphatic carbocycles. The molecule has 0 heterocycles. The number of amides is 2. The molecule has 0 spiro atoms. The molecule has 0 aliphatic rings. The van der Waals surface area contributed by atoms with E-state index in [4.69, 9.17) is 21.1 Å². The van der Waals surface area contributed by atoms with Gasteiger partial charge in [0.2, 0.25) is 0 Å². The summed E-state index contributed by atoms with van der Waals surface area (Å²) in [4.78, 5) is 12.1. The lowest BCUT2D eigenvalue weighted by molar-refractivity contribution is 0.262. The third kappa shape index (κ3) is 5.80. The number of carbonyl (C=O) groups is 1. The number of hydrogen-bond acceptors (Lipinski definition) is 5. The van der Waals surface area contributed by atoms with Gasteiger partial charge >= 0.3 is 6.03 Å². The number of benzene rings is 3. The highest BCUT2D eigenvalue weighted by atomic mass is 35.5. The van der Waals surface area contributed by atoms with Crippen molar-refractivity contribution in [2.75, 3.05) is 29.6 Å². The minimum atomic E-state index is -3.88. The minimum absolute atomic E-state index is 0.0196. The van der Waals surface area contributed by atoms with Crippen LogP contribution in [0.15, 0.2) is 71.6 Å². The van der Waals surface area contributed by atoms with E-state index in [0.717, 1.165) is 0 Å². The van der Waals surface area contributed by atoms with E-state index >= 15 is 0 Å². The molecule has 3 aromatic rings. The summed E-state index contributed by atoms with van der Waals surface area (Å²) in [7, 11) is -0.942. The van der Waals surface area contributed by atoms with Gasteiger partial charge in [0, 0.05) is 22.5 Å². The molecular formula is C21H20ClN3O5S. The molecule has 0 saturated carbocycles. The summed E-state index contributed by atoms with van der Waals surface area (Å²) in [5.74, 6) is 0.852. The Morgan fingerprint density at radius 1 is 0.871 bits per heavy atom. The molecule has 0 atom stereocenters. The summed E-state index contributed by atoms with van der Waals surface area (Å²) >= 11 is 5.89. The fourth-order valence-corrected chi connectivity index (χ4v) is 3.92. The van der Waals surface area contributed by atoms with Gasteiger partial charge in [0.1, 0.15) is 11.5 Å². The van der Waals surface area contributed by atoms with E-state index in [0.29, 0.717) is 27.9 Å². The summed E-state index contributed by atoms with van der Waals surface area (Å²) < 4.78 is 38.3. The summed E-state index contributed by atoms with van der Waals surface area (Å²) in [5.41, 5.74) is 1.22. The highest BCUT2D eigenvalue weighted by Gasteiger charge is 2.17. The van der Waals surface area contributed by atoms with Crippen molar-refractivity contribution in [3.63, 3.8) is 0 Å². The van der Waals surface area contributed by atoms with Gasteiger partial charge in [-0.2, -0.15) is 0 Å². The predicted octanol–water partition coefficient (Wildman–Crippen LogP) is 4.80. The highest BCUT2D eigenvalue weighted by Crippen LogP contribution is 2.31. The van der Waals surface area contributed by atoms with E-state index in [1.54, 1.807) is 42.5 Å². The Bertz CT molecular complexity index is 1180. The molecule has 0 aliphatic heterocycles. The van der Waals surface area contributed by atoms with Crippen molar-refractivity contribution in [1.29, 1.82) is 0 Å². The maximum atomic E-state index is 12.7. The average molecular weight is 462 g/mol. The Kier molecular flexibility index (Phi) is 6.88. The van der Waals surface area contributed by atoms with Crippen molar-refractivity contribution in [2.45, 2.75) is 4.90 Å². The third-order valence-corrected chi connectivity index (χ3v) is 5.77. The summed E-state index contributed by atoms with van der Waals surface area (Å²) in [6.07, 6.45) is 0. The van der Waals surface area contributed by atoms with Crippen molar-refractivity contribution in [3.05, 3.63) is 71.8 Å². The standard InChI is InChI=1S/C21H20ClN3O5S/c1-29-17-8-11-19(20(13-17)30-2)25-31(27,28)18-9-6-15(7-10-18)23-21(26)24-16-5-3-4-14(22)12-16/h3-13,25H,1-2H3,(H2,23,24,26). The van der Waals surface area contributed by atoms with Gasteiger partial charge in [0.05, 0.1) is 24.8 Å². The van der Waals surface area contributed by atoms with E-state index < -0.39 is 16.1 Å². The van der Waals surface area contributed by atoms with Crippen molar-refractivity contribution in [3.8, 4) is 11.5 Å². The van der Waals surface area contributed by atoms with Crippen LogP contribution in [0.3, 0.4) is 0 Å². The van der Waals surface area contributed by atoms with Crippen LogP contribution in [-0.4, -0.2) is 28.7 Å². The van der Waals surface area contributed by atoms with Crippen molar-refractivity contribution < 1.29 is 22.7 Å². The molecule has 10 heteroatoms. The van der Waals surface area contributed by atoms with E-state index in [-0.39, 0.29) is 10.6 Å². The third-order valence-electron chi connectivity index (χ3n) is 4.16. The van der Waals surface area contributed by atoms with Crippen molar-refractivity contribution in [2.24, 2.45) is 0 Å². The highest BCUT2D eigenvalue weighted by molar-refractivity contribution is 7.92. The normalized spacial score (nSPS) is 10.8. The maximum absolute atomic E-state index is 12.7. The molecule has 0 fully saturated rings. The second-order valence-electron chi connectivity index (χ2n) is 6.29. The molecule has 0 aromatic heterocycles. The number of rotatable bonds is 7. The van der Waals surface area contributed by atoms with Crippen LogP contribution in [0.25, 0.3) is 0 Å². The molecule has 0 radical (unpaired) electrons. The van der Waals surface area contributed by atoms with Gasteiger partial charge in [0.25, 0.3) is 10.0 Å². The smallest absolute Gasteiger partial charge is 0.323 e. The lowest BCUT2D eigenvalue weighted by Gasteiger charge is -2.13. The molecule has 3 N–H and O–H groups in total. The van der Waals surface area contributed by atoms with Crippen molar-refractivity contribution >= 4 is 44.7 Å². The van der Waals surface area contributed by atoms with Gasteiger partial charge in [-0.3, -0.25) is 4.72 Å². The first-order chi connectivity index (χ1) is 14.8. The van der Waals surface area contributed by atoms with Gasteiger partial charge in [-0.05, 0) is 54.6 Å². The Morgan fingerprint density at radius 3 is 2.23 bits per heavy atom. The summed E-state index contributed by atoms with van der Waals surface area (Å²) in [5, 5.41) is 5.76. The van der Waals surface area contributed by atoms with Crippen LogP contribution in [0, 0.1) is 0 Å². The van der Waals surface area contributed by atoms with Crippen LogP contribution in [-0.2, 0) is 10.0 Å². The molecule has 162 valence electrons. The predicted molar refractivity (Wildman–Crippen MR) is 121 cm³/mol. The van der Waals surface area contributed by atoms with Crippen LogP contribution in [0.4, 0.5) is 21.9 Å². The zero-order valence-electron chi connectivity index (χ0n) is 16.7. The number of nitrogens with one attached hydrogen (secondary N) is 3. The molecule has 0 unspecified atom stereocenters. The number of halogens is 1. The molecule has 0 bridgehead atoms. The van der Waals surface area contributed by atoms with Gasteiger partial charge in [-0.1, -0.05) is 17.7 Å². The molecule has 0 saturated heterocycles. The number of hydrogen-bond donors (Lipinski definition) is 3. The van der Waals surface area contributed by atoms with Crippen LogP contribution in [0.2, 0.25) is 5.02 Å². The SMILES string of the molecule is COc1ccc(NS(=O)(=O)c2ccc(NC(=O)Nc3cccc(Cl)c3)cc2)c(OC)c1. The first-order valence-electron chi connectivity index (χ1n) is 8.99. The monoisotopic (exact) mass is 461 g/mol. The van der Waals surface area contributed by atoms with Crippen LogP contribution in [0.1, 0.15) is 0 Å². The lowest BCUT2D eigenvalue weighted by Crippen LogP contribution is -2.19. The minimum Gasteiger partial charge on any atom is -0.497 e. The fraction of sp³-hybridized carbons (Fsp3) is 0.0952. The zero-order chi connectivity index (χ0) is 22.4. The molecule has 3 rings (SSSR count). The second-order valence-corrected chi connectivity index (χ2v) is 8.40. The number of sulfonamides is 1. The zero-order valence-corrected chi connectivity index (χ0v) is 18.3. The first-order valence-corrected chi connectivity index (χ1v) is 10.9. The quantitative estimate of drug-likeness (QED) is 0.468. The lowest BCUT2D eigenvalue weighted by atomic mass is 10.3. The molecule has 3 aromatic carbocycles. The molecule has 2 amide bonds. The largest absolute Gasteiger partial charge is 0.497 e. The van der Waals surface area contributed by atoms with Gasteiger partial charge < -0.3 is 20.1 Å². The molecular weight excluding hydrogens is 442 g/mol.